The van der Waals surface area contributed by atoms with E-state index in [2.05, 4.69) is 63.7 Å². The Morgan fingerprint density at radius 1 is 1.37 bits per heavy atom. The first kappa shape index (κ1) is 23.8. The number of hydrogen-bond acceptors (Lipinski definition) is 4. The van der Waals surface area contributed by atoms with Crippen LogP contribution in [-0.2, 0) is 11.3 Å². The molecular formula is C20H31IN4OS. The molecule has 0 radical (unpaired) electrons. The molecule has 0 spiro atoms. The molecular weight excluding hydrogens is 471 g/mol. The predicted molar refractivity (Wildman–Crippen MR) is 125 cm³/mol. The number of hydrogen-bond donors (Lipinski definition) is 1. The van der Waals surface area contributed by atoms with Crippen LogP contribution in [0, 0.1) is 6.92 Å². The van der Waals surface area contributed by atoms with Crippen LogP contribution < -0.4 is 5.32 Å². The Balaban J connectivity index is 0.00000364. The molecule has 0 saturated heterocycles. The standard InChI is InChI=1S/C20H30N4OS.HI/c1-14-8-7-9-17(10-14)15(2)11-22-20(21-4)24(5)12-18-13-26-19(23-18)16(3)25-6;/h7-10,13,15-16H,11-12H2,1-6H3,(H,21,22);1H. The zero-order valence-electron chi connectivity index (χ0n) is 17.0. The Bertz CT molecular complexity index is 734. The molecule has 1 N–H and O–H groups in total. The molecule has 0 bridgehead atoms. The van der Waals surface area contributed by atoms with Crippen molar-refractivity contribution in [2.45, 2.75) is 39.3 Å². The molecule has 2 aromatic rings. The van der Waals surface area contributed by atoms with Crippen molar-refractivity contribution in [1.29, 1.82) is 0 Å². The van der Waals surface area contributed by atoms with E-state index < -0.39 is 0 Å². The SMILES string of the molecule is CN=C(NCC(C)c1cccc(C)c1)N(C)Cc1csc(C(C)OC)n1.I. The minimum atomic E-state index is 0. The van der Waals surface area contributed by atoms with Crippen molar-refractivity contribution in [3.8, 4) is 0 Å². The highest BCUT2D eigenvalue weighted by Gasteiger charge is 2.13. The number of nitrogens with zero attached hydrogens (tertiary/aromatic N) is 3. The van der Waals surface area contributed by atoms with Gasteiger partial charge in [0.25, 0.3) is 0 Å². The number of halogens is 1. The van der Waals surface area contributed by atoms with Crippen LogP contribution in [-0.4, -0.2) is 43.6 Å². The number of thiazole rings is 1. The van der Waals surface area contributed by atoms with Gasteiger partial charge in [-0.25, -0.2) is 4.98 Å². The van der Waals surface area contributed by atoms with E-state index >= 15 is 0 Å². The second kappa shape index (κ2) is 11.6. The second-order valence-corrected chi connectivity index (χ2v) is 7.54. The Hall–Kier alpha value is -1.19. The van der Waals surface area contributed by atoms with Crippen LogP contribution in [0.5, 0.6) is 0 Å². The zero-order valence-corrected chi connectivity index (χ0v) is 20.2. The summed E-state index contributed by atoms with van der Waals surface area (Å²) in [6, 6.07) is 8.66. The van der Waals surface area contributed by atoms with Crippen molar-refractivity contribution in [3.05, 3.63) is 51.5 Å². The van der Waals surface area contributed by atoms with E-state index in [1.807, 2.05) is 21.0 Å². The van der Waals surface area contributed by atoms with Gasteiger partial charge in [-0.05, 0) is 25.3 Å². The number of guanidine groups is 1. The lowest BCUT2D eigenvalue weighted by Crippen LogP contribution is -2.40. The van der Waals surface area contributed by atoms with E-state index in [-0.39, 0.29) is 30.1 Å². The molecule has 0 fully saturated rings. The predicted octanol–water partition coefficient (Wildman–Crippen LogP) is 4.59. The fourth-order valence-electron chi connectivity index (χ4n) is 2.72. The molecule has 7 heteroatoms. The molecule has 1 aromatic heterocycles. The number of nitrogens with one attached hydrogen (secondary N) is 1. The van der Waals surface area contributed by atoms with Crippen molar-refractivity contribution < 1.29 is 4.74 Å². The van der Waals surface area contributed by atoms with E-state index in [4.69, 9.17) is 4.74 Å². The summed E-state index contributed by atoms with van der Waals surface area (Å²) in [6.45, 7) is 7.92. The van der Waals surface area contributed by atoms with Crippen LogP contribution in [0.15, 0.2) is 34.6 Å². The third kappa shape index (κ3) is 7.04. The molecule has 2 rings (SSSR count). The number of aromatic nitrogens is 1. The molecule has 1 heterocycles. The molecule has 0 aliphatic heterocycles. The summed E-state index contributed by atoms with van der Waals surface area (Å²) >= 11 is 1.64. The van der Waals surface area contributed by atoms with Gasteiger partial charge in [0.05, 0.1) is 12.2 Å². The van der Waals surface area contributed by atoms with Crippen LogP contribution >= 0.6 is 35.3 Å². The topological polar surface area (TPSA) is 49.8 Å². The fraction of sp³-hybridized carbons (Fsp3) is 0.500. The number of aryl methyl sites for hydroxylation is 1. The highest BCUT2D eigenvalue weighted by Crippen LogP contribution is 2.21. The summed E-state index contributed by atoms with van der Waals surface area (Å²) in [6.07, 6.45) is 0.0340. The van der Waals surface area contributed by atoms with Crippen molar-refractivity contribution in [2.24, 2.45) is 4.99 Å². The van der Waals surface area contributed by atoms with Gasteiger partial charge in [-0.3, -0.25) is 4.99 Å². The van der Waals surface area contributed by atoms with Crippen molar-refractivity contribution >= 4 is 41.3 Å². The van der Waals surface area contributed by atoms with Gasteiger partial charge in [-0.15, -0.1) is 35.3 Å². The minimum absolute atomic E-state index is 0. The highest BCUT2D eigenvalue weighted by atomic mass is 127. The van der Waals surface area contributed by atoms with E-state index in [1.54, 1.807) is 18.4 Å². The number of rotatable bonds is 7. The van der Waals surface area contributed by atoms with Crippen LogP contribution in [0.3, 0.4) is 0 Å². The number of ether oxygens (including phenoxy) is 1. The quantitative estimate of drug-likeness (QED) is 0.342. The van der Waals surface area contributed by atoms with Gasteiger partial charge in [0.2, 0.25) is 0 Å². The minimum Gasteiger partial charge on any atom is -0.375 e. The van der Waals surface area contributed by atoms with Gasteiger partial charge >= 0.3 is 0 Å². The van der Waals surface area contributed by atoms with E-state index in [0.717, 1.165) is 23.2 Å². The first-order valence-corrected chi connectivity index (χ1v) is 9.78. The first-order valence-electron chi connectivity index (χ1n) is 8.90. The molecule has 0 saturated carbocycles. The van der Waals surface area contributed by atoms with Crippen molar-refractivity contribution in [1.82, 2.24) is 15.2 Å². The lowest BCUT2D eigenvalue weighted by molar-refractivity contribution is 0.119. The maximum atomic E-state index is 5.34. The van der Waals surface area contributed by atoms with Crippen molar-refractivity contribution in [3.63, 3.8) is 0 Å². The lowest BCUT2D eigenvalue weighted by atomic mass is 9.99. The Morgan fingerprint density at radius 3 is 2.74 bits per heavy atom. The number of aliphatic imine (C=N–C) groups is 1. The smallest absolute Gasteiger partial charge is 0.193 e. The van der Waals surface area contributed by atoms with Crippen LogP contribution in [0.4, 0.5) is 0 Å². The number of benzene rings is 1. The van der Waals surface area contributed by atoms with Gasteiger partial charge in [0.15, 0.2) is 5.96 Å². The van der Waals surface area contributed by atoms with Gasteiger partial charge in [-0.2, -0.15) is 0 Å². The van der Waals surface area contributed by atoms with Crippen LogP contribution in [0.1, 0.15) is 47.7 Å². The summed E-state index contributed by atoms with van der Waals surface area (Å²) in [5, 5.41) is 6.57. The van der Waals surface area contributed by atoms with Crippen molar-refractivity contribution in [2.75, 3.05) is 27.7 Å². The molecule has 1 aromatic carbocycles. The van der Waals surface area contributed by atoms with Gasteiger partial charge in [-0.1, -0.05) is 36.8 Å². The normalized spacial score (nSPS) is 13.6. The Labute approximate surface area is 184 Å². The molecule has 0 aliphatic carbocycles. The first-order chi connectivity index (χ1) is 12.4. The molecule has 27 heavy (non-hydrogen) atoms. The summed E-state index contributed by atoms with van der Waals surface area (Å²) in [5.41, 5.74) is 3.67. The second-order valence-electron chi connectivity index (χ2n) is 6.65. The molecule has 150 valence electrons. The molecule has 5 nitrogen and oxygen atoms in total. The average Bonchev–Trinajstić information content (AvgIpc) is 3.09. The average molecular weight is 502 g/mol. The van der Waals surface area contributed by atoms with E-state index in [9.17, 15) is 0 Å². The van der Waals surface area contributed by atoms with Crippen LogP contribution in [0.2, 0.25) is 0 Å². The molecule has 0 amide bonds. The highest BCUT2D eigenvalue weighted by molar-refractivity contribution is 14.0. The monoisotopic (exact) mass is 502 g/mol. The Morgan fingerprint density at radius 2 is 2.11 bits per heavy atom. The zero-order chi connectivity index (χ0) is 19.1. The fourth-order valence-corrected chi connectivity index (χ4v) is 3.57. The molecule has 2 unspecified atom stereocenters. The van der Waals surface area contributed by atoms with E-state index in [0.29, 0.717) is 12.5 Å². The lowest BCUT2D eigenvalue weighted by Gasteiger charge is -2.23. The van der Waals surface area contributed by atoms with Crippen LogP contribution in [0.25, 0.3) is 0 Å². The maximum absolute atomic E-state index is 5.34. The third-order valence-corrected chi connectivity index (χ3v) is 5.48. The maximum Gasteiger partial charge on any atom is 0.193 e. The summed E-state index contributed by atoms with van der Waals surface area (Å²) in [4.78, 5) is 11.2. The third-order valence-electron chi connectivity index (χ3n) is 4.42. The summed E-state index contributed by atoms with van der Waals surface area (Å²) < 4.78 is 5.34. The van der Waals surface area contributed by atoms with Gasteiger partial charge in [0.1, 0.15) is 11.1 Å². The van der Waals surface area contributed by atoms with E-state index in [1.165, 1.54) is 11.1 Å². The van der Waals surface area contributed by atoms with Gasteiger partial charge < -0.3 is 15.0 Å². The summed E-state index contributed by atoms with van der Waals surface area (Å²) in [7, 11) is 5.56. The molecule has 2 atom stereocenters. The number of methoxy groups -OCH3 is 1. The Kier molecular flexibility index (Phi) is 10.3. The van der Waals surface area contributed by atoms with Gasteiger partial charge in [0, 0.05) is 33.1 Å². The molecule has 0 aliphatic rings. The summed E-state index contributed by atoms with van der Waals surface area (Å²) in [5.74, 6) is 1.28. The largest absolute Gasteiger partial charge is 0.375 e.